The van der Waals surface area contributed by atoms with E-state index in [-0.39, 0.29) is 36.2 Å². The smallest absolute Gasteiger partial charge is 0.251 e. The first-order valence-electron chi connectivity index (χ1n) is 8.32. The van der Waals surface area contributed by atoms with Crippen molar-refractivity contribution in [1.29, 1.82) is 0 Å². The van der Waals surface area contributed by atoms with E-state index >= 15 is 0 Å². The van der Waals surface area contributed by atoms with Crippen LogP contribution in [0, 0.1) is 5.92 Å². The molecule has 0 aliphatic carbocycles. The van der Waals surface area contributed by atoms with Gasteiger partial charge in [-0.25, -0.2) is 0 Å². The molecule has 1 aromatic rings. The van der Waals surface area contributed by atoms with Crippen LogP contribution >= 0.6 is 12.4 Å². The molecule has 1 aromatic carbocycles. The summed E-state index contributed by atoms with van der Waals surface area (Å²) in [5.74, 6) is -0.111. The Balaban J connectivity index is 0.00000529. The van der Waals surface area contributed by atoms with Crippen molar-refractivity contribution in [2.45, 2.75) is 59.2 Å². The van der Waals surface area contributed by atoms with Crippen molar-refractivity contribution in [3.8, 4) is 0 Å². The third-order valence-electron chi connectivity index (χ3n) is 4.21. The summed E-state index contributed by atoms with van der Waals surface area (Å²) < 4.78 is 0. The highest BCUT2D eigenvalue weighted by Gasteiger charge is 2.19. The Labute approximate surface area is 151 Å². The summed E-state index contributed by atoms with van der Waals surface area (Å²) in [5.41, 5.74) is 7.39. The molecule has 0 radical (unpaired) electrons. The highest BCUT2D eigenvalue weighted by Crippen LogP contribution is 2.08. The Hall–Kier alpha value is -1.59. The first-order valence-corrected chi connectivity index (χ1v) is 8.32. The molecule has 3 atom stereocenters. The number of rotatable bonds is 8. The van der Waals surface area contributed by atoms with Crippen LogP contribution < -0.4 is 16.4 Å². The summed E-state index contributed by atoms with van der Waals surface area (Å²) in [6.07, 6.45) is 1.74. The first kappa shape index (κ1) is 22.4. The highest BCUT2D eigenvalue weighted by atomic mass is 35.5. The minimum Gasteiger partial charge on any atom is -0.351 e. The van der Waals surface area contributed by atoms with E-state index in [0.717, 1.165) is 18.4 Å². The number of carbonyl (C=O) groups is 2. The van der Waals surface area contributed by atoms with Gasteiger partial charge in [-0.1, -0.05) is 39.3 Å². The van der Waals surface area contributed by atoms with Crippen LogP contribution in [0.15, 0.2) is 24.3 Å². The molecule has 6 heteroatoms. The van der Waals surface area contributed by atoms with Crippen molar-refractivity contribution in [3.63, 3.8) is 0 Å². The molecule has 0 bridgehead atoms. The molecular weight excluding hydrogens is 326 g/mol. The second-order valence-corrected chi connectivity index (χ2v) is 6.11. The monoisotopic (exact) mass is 355 g/mol. The van der Waals surface area contributed by atoms with Gasteiger partial charge in [0.25, 0.3) is 5.91 Å². The van der Waals surface area contributed by atoms with Crippen molar-refractivity contribution >= 4 is 24.2 Å². The summed E-state index contributed by atoms with van der Waals surface area (Å²) in [4.78, 5) is 24.1. The Morgan fingerprint density at radius 3 is 2.42 bits per heavy atom. The molecule has 0 aromatic heterocycles. The fourth-order valence-electron chi connectivity index (χ4n) is 2.05. The fourth-order valence-corrected chi connectivity index (χ4v) is 2.05. The Morgan fingerprint density at radius 2 is 1.83 bits per heavy atom. The van der Waals surface area contributed by atoms with Crippen LogP contribution in [0.2, 0.25) is 0 Å². The van der Waals surface area contributed by atoms with Crippen molar-refractivity contribution in [2.75, 3.05) is 0 Å². The number of nitrogens with two attached hydrogens (primary N) is 1. The third kappa shape index (κ3) is 6.89. The van der Waals surface area contributed by atoms with Crippen LogP contribution in [0.3, 0.4) is 0 Å². The second-order valence-electron chi connectivity index (χ2n) is 6.11. The maximum Gasteiger partial charge on any atom is 0.251 e. The van der Waals surface area contributed by atoms with E-state index in [4.69, 9.17) is 5.73 Å². The normalized spacial score (nSPS) is 14.0. The molecule has 3 unspecified atom stereocenters. The average molecular weight is 356 g/mol. The minimum atomic E-state index is -0.503. The largest absolute Gasteiger partial charge is 0.351 e. The van der Waals surface area contributed by atoms with Gasteiger partial charge < -0.3 is 16.4 Å². The number of halogens is 1. The van der Waals surface area contributed by atoms with Crippen LogP contribution in [0.1, 0.15) is 56.5 Å². The maximum atomic E-state index is 12.1. The quantitative estimate of drug-likeness (QED) is 0.670. The maximum absolute atomic E-state index is 12.1. The topological polar surface area (TPSA) is 84.2 Å². The Kier molecular flexibility index (Phi) is 10.3. The van der Waals surface area contributed by atoms with Crippen molar-refractivity contribution < 1.29 is 9.59 Å². The van der Waals surface area contributed by atoms with E-state index in [2.05, 4.69) is 10.6 Å². The molecule has 1 rings (SSSR count). The van der Waals surface area contributed by atoms with Gasteiger partial charge in [0.15, 0.2) is 0 Å². The first-order chi connectivity index (χ1) is 10.9. The van der Waals surface area contributed by atoms with Crippen molar-refractivity contribution in [2.24, 2.45) is 11.7 Å². The highest BCUT2D eigenvalue weighted by molar-refractivity contribution is 5.94. The minimum absolute atomic E-state index is 0. The average Bonchev–Trinajstić information content (AvgIpc) is 2.58. The molecule has 0 saturated heterocycles. The SMILES string of the molecule is CCC(C)NC(=O)c1cccc(CNC(=O)C(N)C(C)CC)c1.Cl. The number of carbonyl (C=O) groups excluding carboxylic acids is 2. The van der Waals surface area contributed by atoms with E-state index in [1.54, 1.807) is 12.1 Å². The molecule has 0 aliphatic heterocycles. The zero-order chi connectivity index (χ0) is 17.4. The number of hydrogen-bond acceptors (Lipinski definition) is 3. The van der Waals surface area contributed by atoms with Gasteiger partial charge in [-0.15, -0.1) is 12.4 Å². The number of hydrogen-bond donors (Lipinski definition) is 3. The summed E-state index contributed by atoms with van der Waals surface area (Å²) in [6, 6.07) is 6.91. The number of nitrogens with one attached hydrogen (secondary N) is 2. The Morgan fingerprint density at radius 1 is 1.17 bits per heavy atom. The van der Waals surface area contributed by atoms with Crippen molar-refractivity contribution in [3.05, 3.63) is 35.4 Å². The van der Waals surface area contributed by atoms with E-state index in [1.807, 2.05) is 39.8 Å². The van der Waals surface area contributed by atoms with Gasteiger partial charge in [-0.2, -0.15) is 0 Å². The van der Waals surface area contributed by atoms with Gasteiger partial charge in [0.1, 0.15) is 0 Å². The van der Waals surface area contributed by atoms with Gasteiger partial charge in [0.2, 0.25) is 5.91 Å². The van der Waals surface area contributed by atoms with Gasteiger partial charge in [0, 0.05) is 18.2 Å². The molecule has 0 aliphatic rings. The van der Waals surface area contributed by atoms with Gasteiger partial charge >= 0.3 is 0 Å². The van der Waals surface area contributed by atoms with Crippen LogP contribution in [-0.2, 0) is 11.3 Å². The number of benzene rings is 1. The van der Waals surface area contributed by atoms with Gasteiger partial charge in [0.05, 0.1) is 6.04 Å². The van der Waals surface area contributed by atoms with E-state index in [9.17, 15) is 9.59 Å². The summed E-state index contributed by atoms with van der Waals surface area (Å²) in [6.45, 7) is 8.34. The molecule has 24 heavy (non-hydrogen) atoms. The molecule has 5 nitrogen and oxygen atoms in total. The molecule has 0 heterocycles. The predicted molar refractivity (Wildman–Crippen MR) is 100 cm³/mol. The Bertz CT molecular complexity index is 537. The summed E-state index contributed by atoms with van der Waals surface area (Å²) >= 11 is 0. The van der Waals surface area contributed by atoms with Crippen LogP contribution in [-0.4, -0.2) is 23.9 Å². The lowest BCUT2D eigenvalue weighted by molar-refractivity contribution is -0.123. The summed E-state index contributed by atoms with van der Waals surface area (Å²) in [5, 5.41) is 5.77. The molecular formula is C18H30ClN3O2. The fraction of sp³-hybridized carbons (Fsp3) is 0.556. The molecule has 2 amide bonds. The van der Waals surface area contributed by atoms with Crippen LogP contribution in [0.4, 0.5) is 0 Å². The van der Waals surface area contributed by atoms with Gasteiger partial charge in [-0.3, -0.25) is 9.59 Å². The summed E-state index contributed by atoms with van der Waals surface area (Å²) in [7, 11) is 0. The zero-order valence-electron chi connectivity index (χ0n) is 15.0. The predicted octanol–water partition coefficient (Wildman–Crippen LogP) is 2.63. The lowest BCUT2D eigenvalue weighted by Gasteiger charge is -2.18. The third-order valence-corrected chi connectivity index (χ3v) is 4.21. The number of amides is 2. The van der Waals surface area contributed by atoms with Crippen molar-refractivity contribution in [1.82, 2.24) is 10.6 Å². The molecule has 0 spiro atoms. The van der Waals surface area contributed by atoms with E-state index in [1.165, 1.54) is 0 Å². The van der Waals surface area contributed by atoms with Crippen LogP contribution in [0.5, 0.6) is 0 Å². The second kappa shape index (κ2) is 11.0. The lowest BCUT2D eigenvalue weighted by atomic mass is 9.99. The molecule has 0 fully saturated rings. The van der Waals surface area contributed by atoms with Crippen LogP contribution in [0.25, 0.3) is 0 Å². The van der Waals surface area contributed by atoms with E-state index in [0.29, 0.717) is 12.1 Å². The molecule has 136 valence electrons. The molecule has 4 N–H and O–H groups in total. The van der Waals surface area contributed by atoms with Gasteiger partial charge in [-0.05, 0) is 37.0 Å². The zero-order valence-corrected chi connectivity index (χ0v) is 15.8. The lowest BCUT2D eigenvalue weighted by Crippen LogP contribution is -2.44. The van der Waals surface area contributed by atoms with E-state index < -0.39 is 6.04 Å². The standard InChI is InChI=1S/C18H29N3O2.ClH/c1-5-12(3)16(19)18(23)20-11-14-8-7-9-15(10-14)17(22)21-13(4)6-2;/h7-10,12-13,16H,5-6,11,19H2,1-4H3,(H,20,23)(H,21,22);1H. The molecule has 0 saturated carbocycles.